The van der Waals surface area contributed by atoms with Gasteiger partial charge in [0.1, 0.15) is 0 Å². The number of hydrogen-bond acceptors (Lipinski definition) is 17. The van der Waals surface area contributed by atoms with E-state index in [0.717, 1.165) is 0 Å². The first-order valence-corrected chi connectivity index (χ1v) is 16.8. The highest BCUT2D eigenvalue weighted by molar-refractivity contribution is 6.01. The van der Waals surface area contributed by atoms with Gasteiger partial charge >= 0.3 is 5.97 Å². The van der Waals surface area contributed by atoms with Crippen molar-refractivity contribution in [1.29, 1.82) is 0 Å². The first kappa shape index (κ1) is 45.1. The molecule has 0 unspecified atom stereocenters. The minimum absolute atomic E-state index is 0.0585. The number of rotatable bonds is 39. The number of carbonyl (C=O) groups excluding carboxylic acids is 3. The highest BCUT2D eigenvalue weighted by Gasteiger charge is 2.32. The zero-order valence-corrected chi connectivity index (χ0v) is 28.9. The minimum atomic E-state index is -0.700. The number of imide groups is 1. The predicted molar refractivity (Wildman–Crippen MR) is 171 cm³/mol. The van der Waals surface area contributed by atoms with Gasteiger partial charge in [0.15, 0.2) is 0 Å². The van der Waals surface area contributed by atoms with Gasteiger partial charge in [-0.15, -0.1) is 5.06 Å². The van der Waals surface area contributed by atoms with E-state index in [1.807, 2.05) is 0 Å². The van der Waals surface area contributed by atoms with Crippen molar-refractivity contribution in [3.05, 3.63) is 0 Å². The summed E-state index contributed by atoms with van der Waals surface area (Å²) >= 11 is 0. The van der Waals surface area contributed by atoms with E-state index < -0.39 is 17.8 Å². The normalized spacial score (nSPS) is 13.2. The van der Waals surface area contributed by atoms with Gasteiger partial charge in [-0.05, 0) is 0 Å². The summed E-state index contributed by atoms with van der Waals surface area (Å²) in [6.07, 6.45) is 0.0424. The Morgan fingerprint density at radius 1 is 0.408 bits per heavy atom. The lowest BCUT2D eigenvalue weighted by Gasteiger charge is -2.12. The average molecular weight is 715 g/mol. The van der Waals surface area contributed by atoms with Gasteiger partial charge in [0.2, 0.25) is 0 Å². The van der Waals surface area contributed by atoms with Crippen molar-refractivity contribution in [2.45, 2.75) is 19.3 Å². The zero-order chi connectivity index (χ0) is 35.3. The summed E-state index contributed by atoms with van der Waals surface area (Å²) in [6.45, 7) is 11.4. The topological polar surface area (TPSA) is 200 Å². The molecule has 0 aliphatic carbocycles. The standard InChI is InChI=1S/C31H58N2O16/c32-4-6-38-8-10-40-12-14-42-16-18-44-20-22-46-24-26-48-28-27-47-25-23-45-21-19-43-17-15-41-13-11-39-9-7-37-5-3-31(36)49-33-29(34)1-2-30(33)35/h1-28,32H2. The van der Waals surface area contributed by atoms with E-state index in [1.165, 1.54) is 0 Å². The number of nitrogens with zero attached hydrogens (tertiary/aromatic N) is 1. The van der Waals surface area contributed by atoms with E-state index in [4.69, 9.17) is 67.4 Å². The molecule has 0 aromatic heterocycles. The predicted octanol–water partition coefficient (Wildman–Crippen LogP) is -0.858. The summed E-state index contributed by atoms with van der Waals surface area (Å²) in [6, 6.07) is 0. The molecular formula is C31H58N2O16. The SMILES string of the molecule is NCCOCCOCCOCCOCCOCCOCCOCCOCCOCCOCCOCCOCCC(=O)ON1C(=O)CCC1=O. The van der Waals surface area contributed by atoms with Crippen molar-refractivity contribution < 1.29 is 76.1 Å². The Kier molecular flexibility index (Phi) is 33.1. The number of nitrogens with two attached hydrogens (primary N) is 1. The summed E-state index contributed by atoms with van der Waals surface area (Å²) in [5.41, 5.74) is 5.33. The smallest absolute Gasteiger partial charge is 0.335 e. The second-order valence-corrected chi connectivity index (χ2v) is 9.93. The van der Waals surface area contributed by atoms with Crippen molar-refractivity contribution in [2.24, 2.45) is 5.73 Å². The highest BCUT2D eigenvalue weighted by Crippen LogP contribution is 2.12. The fraction of sp³-hybridized carbons (Fsp3) is 0.903. The Balaban J connectivity index is 1.64. The second kappa shape index (κ2) is 35.9. The average Bonchev–Trinajstić information content (AvgIpc) is 3.41. The molecule has 1 rings (SSSR count). The van der Waals surface area contributed by atoms with Crippen LogP contribution in [0.25, 0.3) is 0 Å². The molecule has 18 nitrogen and oxygen atoms in total. The van der Waals surface area contributed by atoms with Gasteiger partial charge in [0.25, 0.3) is 11.8 Å². The number of ether oxygens (including phenoxy) is 12. The molecule has 18 heteroatoms. The van der Waals surface area contributed by atoms with E-state index in [1.54, 1.807) is 0 Å². The molecule has 1 heterocycles. The third-order valence-corrected chi connectivity index (χ3v) is 6.00. The van der Waals surface area contributed by atoms with Crippen molar-refractivity contribution in [1.82, 2.24) is 5.06 Å². The van der Waals surface area contributed by atoms with Crippen molar-refractivity contribution in [2.75, 3.05) is 165 Å². The molecule has 1 aliphatic rings. The lowest BCUT2D eigenvalue weighted by molar-refractivity contribution is -0.198. The molecule has 0 atom stereocenters. The van der Waals surface area contributed by atoms with Crippen molar-refractivity contribution in [3.8, 4) is 0 Å². The molecule has 0 aromatic carbocycles. The summed E-state index contributed by atoms with van der Waals surface area (Å²) in [7, 11) is 0. The van der Waals surface area contributed by atoms with Gasteiger partial charge < -0.3 is 67.4 Å². The molecule has 288 valence electrons. The molecule has 0 radical (unpaired) electrons. The molecule has 1 fully saturated rings. The zero-order valence-electron chi connectivity index (χ0n) is 28.9. The van der Waals surface area contributed by atoms with Gasteiger partial charge in [-0.3, -0.25) is 9.59 Å². The molecule has 49 heavy (non-hydrogen) atoms. The largest absolute Gasteiger partial charge is 0.378 e. The molecule has 2 amide bonds. The first-order chi connectivity index (χ1) is 24.1. The third kappa shape index (κ3) is 30.6. The van der Waals surface area contributed by atoms with Gasteiger partial charge in [-0.2, -0.15) is 0 Å². The van der Waals surface area contributed by atoms with Crippen LogP contribution in [-0.4, -0.2) is 188 Å². The summed E-state index contributed by atoms with van der Waals surface area (Å²) < 4.78 is 64.8. The third-order valence-electron chi connectivity index (χ3n) is 6.00. The molecule has 0 spiro atoms. The fourth-order valence-electron chi connectivity index (χ4n) is 3.57. The fourth-order valence-corrected chi connectivity index (χ4v) is 3.57. The monoisotopic (exact) mass is 714 g/mol. The van der Waals surface area contributed by atoms with Gasteiger partial charge in [0.05, 0.1) is 165 Å². The number of hydroxylamine groups is 2. The van der Waals surface area contributed by atoms with Gasteiger partial charge in [-0.25, -0.2) is 4.79 Å². The quantitative estimate of drug-likeness (QED) is 0.0609. The Morgan fingerprint density at radius 2 is 0.633 bits per heavy atom. The molecule has 2 N–H and O–H groups in total. The van der Waals surface area contributed by atoms with Crippen LogP contribution in [0.5, 0.6) is 0 Å². The molecule has 1 aliphatic heterocycles. The summed E-state index contributed by atoms with van der Waals surface area (Å²) in [4.78, 5) is 39.2. The Hall–Kier alpha value is -1.91. The molecule has 1 saturated heterocycles. The minimum Gasteiger partial charge on any atom is -0.378 e. The highest BCUT2D eigenvalue weighted by atomic mass is 16.7. The van der Waals surface area contributed by atoms with Gasteiger partial charge in [-0.1, -0.05) is 0 Å². The van der Waals surface area contributed by atoms with Crippen LogP contribution in [0.3, 0.4) is 0 Å². The lowest BCUT2D eigenvalue weighted by atomic mass is 10.4. The number of amides is 2. The van der Waals surface area contributed by atoms with Crippen LogP contribution >= 0.6 is 0 Å². The van der Waals surface area contributed by atoms with Gasteiger partial charge in [0, 0.05) is 19.4 Å². The maximum Gasteiger partial charge on any atom is 0.335 e. The Labute approximate surface area is 289 Å². The van der Waals surface area contributed by atoms with Crippen LogP contribution in [0.15, 0.2) is 0 Å². The molecule has 0 aromatic rings. The van der Waals surface area contributed by atoms with E-state index in [2.05, 4.69) is 0 Å². The number of hydrogen-bond donors (Lipinski definition) is 1. The second-order valence-electron chi connectivity index (χ2n) is 9.93. The van der Waals surface area contributed by atoms with Crippen LogP contribution in [0.4, 0.5) is 0 Å². The van der Waals surface area contributed by atoms with Crippen LogP contribution in [0, 0.1) is 0 Å². The molecule has 0 bridgehead atoms. The maximum atomic E-state index is 11.6. The van der Waals surface area contributed by atoms with E-state index in [9.17, 15) is 14.4 Å². The Bertz CT molecular complexity index is 766. The lowest BCUT2D eigenvalue weighted by Crippen LogP contribution is -2.32. The number of carbonyl (C=O) groups is 3. The van der Waals surface area contributed by atoms with Crippen LogP contribution < -0.4 is 5.73 Å². The van der Waals surface area contributed by atoms with Crippen molar-refractivity contribution >= 4 is 17.8 Å². The van der Waals surface area contributed by atoms with Crippen LogP contribution in [0.1, 0.15) is 19.3 Å². The van der Waals surface area contributed by atoms with E-state index >= 15 is 0 Å². The molecule has 0 saturated carbocycles. The maximum absolute atomic E-state index is 11.6. The van der Waals surface area contributed by atoms with E-state index in [-0.39, 0.29) is 32.5 Å². The molecular weight excluding hydrogens is 656 g/mol. The summed E-state index contributed by atoms with van der Waals surface area (Å²) in [5, 5.41) is 0.518. The summed E-state index contributed by atoms with van der Waals surface area (Å²) in [5.74, 6) is -1.72. The Morgan fingerprint density at radius 3 is 0.878 bits per heavy atom. The van der Waals surface area contributed by atoms with Crippen molar-refractivity contribution in [3.63, 3.8) is 0 Å². The van der Waals surface area contributed by atoms with Crippen LogP contribution in [0.2, 0.25) is 0 Å². The van der Waals surface area contributed by atoms with Crippen LogP contribution in [-0.2, 0) is 76.1 Å². The first-order valence-electron chi connectivity index (χ1n) is 16.8. The van der Waals surface area contributed by atoms with E-state index in [0.29, 0.717) is 157 Å².